The number of H-pyrrole nitrogens is 1. The van der Waals surface area contributed by atoms with Gasteiger partial charge in [-0.15, -0.1) is 45.8 Å². The van der Waals surface area contributed by atoms with Crippen LogP contribution in [0, 0.1) is 5.92 Å². The Morgan fingerprint density at radius 1 is 0.506 bits per heavy atom. The summed E-state index contributed by atoms with van der Waals surface area (Å²) in [6.07, 6.45) is 61.5. The van der Waals surface area contributed by atoms with Gasteiger partial charge in [0.15, 0.2) is 5.88 Å². The highest BCUT2D eigenvalue weighted by molar-refractivity contribution is 8.03. The van der Waals surface area contributed by atoms with Crippen LogP contribution >= 0.6 is 45.8 Å². The lowest BCUT2D eigenvalue weighted by atomic mass is 9.66. The fourth-order valence-corrected chi connectivity index (χ4v) is 20.7. The number of hydrogen-bond acceptors (Lipinski definition) is 6. The first kappa shape index (κ1) is 64.6. The standard InChI is InChI=1S/C73H112N2O2S4/c1-6-10-14-18-22-26-30-34-38-42-48-72(49-43-39-35-31-27-23-19-15-11-7-2)56-46-52-78-66(56)67-57(72)54-59(80-67)64-62-63(70(77)74-64)65(75-69(62)76)60-55-58-68(81-60)71(5)61(47-53-79-71)73(58,50-44-40-36-32-28-24-20-16-12-8-3)51-45-41-37-33-29-25-21-17-13-9-4/h46-47,52-55,61,75-76H,6-45,48-51H2,1-5H3. The molecular weight excluding hydrogens is 1070 g/mol. The lowest BCUT2D eigenvalue weighted by Gasteiger charge is -2.38. The third-order valence-corrected chi connectivity index (χ3v) is 25.1. The molecule has 2 N–H and O–H groups in total. The van der Waals surface area contributed by atoms with Crippen LogP contribution in [0.3, 0.4) is 0 Å². The van der Waals surface area contributed by atoms with Gasteiger partial charge in [-0.1, -0.05) is 291 Å². The third kappa shape index (κ3) is 16.0. The van der Waals surface area contributed by atoms with Crippen molar-refractivity contribution in [1.82, 2.24) is 4.98 Å². The quantitative estimate of drug-likeness (QED) is 0.0433. The third-order valence-electron chi connectivity index (χ3n) is 20.1. The predicted molar refractivity (Wildman–Crippen MR) is 359 cm³/mol. The Morgan fingerprint density at radius 2 is 0.938 bits per heavy atom. The average Bonchev–Trinajstić information content (AvgIpc) is 3.64. The van der Waals surface area contributed by atoms with Crippen LogP contribution in [0.25, 0.3) is 20.3 Å². The van der Waals surface area contributed by atoms with Crippen molar-refractivity contribution in [2.24, 2.45) is 10.9 Å². The van der Waals surface area contributed by atoms with Crippen LogP contribution in [-0.4, -0.2) is 21.7 Å². The monoisotopic (exact) mass is 1180 g/mol. The molecule has 0 fully saturated rings. The molecule has 4 nitrogen and oxygen atoms in total. The van der Waals surface area contributed by atoms with E-state index in [-0.39, 0.29) is 27.4 Å². The minimum atomic E-state index is -0.213. The van der Waals surface area contributed by atoms with Crippen LogP contribution in [0.4, 0.5) is 0 Å². The zero-order chi connectivity index (χ0) is 56.8. The molecule has 81 heavy (non-hydrogen) atoms. The van der Waals surface area contributed by atoms with Gasteiger partial charge in [0, 0.05) is 31.4 Å². The zero-order valence-electron chi connectivity index (χ0n) is 52.1. The summed E-state index contributed by atoms with van der Waals surface area (Å²) in [4.78, 5) is 29.4. The van der Waals surface area contributed by atoms with Crippen LogP contribution < -0.4 is 0 Å². The topological polar surface area (TPSA) is 65.5 Å². The number of allylic oxidation sites excluding steroid dienone is 1. The summed E-state index contributed by atoms with van der Waals surface area (Å²) < 4.78 is -0.0227. The predicted octanol–water partition coefficient (Wildman–Crippen LogP) is 25.4. The zero-order valence-corrected chi connectivity index (χ0v) is 55.4. The molecular formula is C73H112N2O2S4. The van der Waals surface area contributed by atoms with Crippen LogP contribution in [0.1, 0.15) is 360 Å². The van der Waals surface area contributed by atoms with Crippen LogP contribution in [0.5, 0.6) is 5.88 Å². The molecule has 450 valence electrons. The first-order valence-electron chi connectivity index (χ1n) is 34.6. The normalized spacial score (nSPS) is 18.1. The van der Waals surface area contributed by atoms with Gasteiger partial charge in [-0.3, -0.25) is 4.79 Å². The van der Waals surface area contributed by atoms with E-state index in [0.717, 1.165) is 15.4 Å². The van der Waals surface area contributed by atoms with Crippen LogP contribution in [-0.2, 0) is 15.6 Å². The number of aliphatic imine (C=N–C) groups is 1. The van der Waals surface area contributed by atoms with E-state index in [9.17, 15) is 9.90 Å². The molecule has 0 saturated carbocycles. The number of nitrogens with one attached hydrogen (secondary N) is 1. The van der Waals surface area contributed by atoms with Gasteiger partial charge in [-0.05, 0) is 78.3 Å². The van der Waals surface area contributed by atoms with Crippen molar-refractivity contribution < 1.29 is 9.90 Å². The number of aromatic amines is 1. The molecule has 4 aliphatic rings. The van der Waals surface area contributed by atoms with Gasteiger partial charge in [0.25, 0.3) is 5.91 Å². The average molecular weight is 1180 g/mol. The molecule has 2 aliphatic heterocycles. The Labute approximate surface area is 511 Å². The van der Waals surface area contributed by atoms with Gasteiger partial charge in [0.1, 0.15) is 0 Å². The molecule has 8 rings (SSSR count). The number of rotatable bonds is 46. The van der Waals surface area contributed by atoms with Crippen molar-refractivity contribution in [3.05, 3.63) is 72.6 Å². The Hall–Kier alpha value is -2.39. The summed E-state index contributed by atoms with van der Waals surface area (Å²) in [7, 11) is 0. The summed E-state index contributed by atoms with van der Waals surface area (Å²) in [5.74, 6) is 0.359. The highest BCUT2D eigenvalue weighted by Gasteiger charge is 2.59. The van der Waals surface area contributed by atoms with Gasteiger partial charge in [0.05, 0.1) is 37.0 Å². The second kappa shape index (κ2) is 33.5. The van der Waals surface area contributed by atoms with Gasteiger partial charge in [-0.25, -0.2) is 4.99 Å². The minimum absolute atomic E-state index is 0.00997. The number of carbonyl (C=O) groups is 1. The molecule has 0 bridgehead atoms. The van der Waals surface area contributed by atoms with E-state index in [2.05, 4.69) is 74.7 Å². The molecule has 2 unspecified atom stereocenters. The maximum atomic E-state index is 14.6. The van der Waals surface area contributed by atoms with Gasteiger partial charge in [-0.2, -0.15) is 0 Å². The SMILES string of the molecule is CCCCCCCCCCCCC1(CCCCCCCCCCCC)c2ccsc2-c2sc(C3=NC(=O)c4c(-c5cc6c(s5)C5(C)SC=CC5C6(CCCCCCCCCCCC)CCCCCCCCCCCC)[nH]c(O)c43)cc21. The second-order valence-corrected chi connectivity index (χ2v) is 30.6. The van der Waals surface area contributed by atoms with E-state index >= 15 is 0 Å². The first-order chi connectivity index (χ1) is 39.8. The maximum Gasteiger partial charge on any atom is 0.280 e. The van der Waals surface area contributed by atoms with Crippen molar-refractivity contribution in [2.45, 2.75) is 333 Å². The van der Waals surface area contributed by atoms with Crippen molar-refractivity contribution in [2.75, 3.05) is 0 Å². The number of aromatic nitrogens is 1. The molecule has 1 amide bonds. The van der Waals surface area contributed by atoms with Crippen molar-refractivity contribution in [1.29, 1.82) is 0 Å². The smallest absolute Gasteiger partial charge is 0.280 e. The summed E-state index contributed by atoms with van der Waals surface area (Å²) >= 11 is 7.65. The highest BCUT2D eigenvalue weighted by Crippen LogP contribution is 2.69. The van der Waals surface area contributed by atoms with Crippen LogP contribution in [0.2, 0.25) is 0 Å². The fraction of sp³-hybridized carbons (Fsp3) is 0.726. The Balaban J connectivity index is 1.01. The summed E-state index contributed by atoms with van der Waals surface area (Å²) in [6, 6.07) is 7.39. The molecule has 0 radical (unpaired) electrons. The lowest BCUT2D eigenvalue weighted by Crippen LogP contribution is -2.35. The molecule has 6 heterocycles. The molecule has 2 aliphatic carbocycles. The number of hydrogen-bond donors (Lipinski definition) is 2. The minimum Gasteiger partial charge on any atom is -0.494 e. The van der Waals surface area contributed by atoms with Gasteiger partial charge in [0.2, 0.25) is 0 Å². The Kier molecular flexibility index (Phi) is 26.7. The fourth-order valence-electron chi connectivity index (χ4n) is 15.4. The number of thiophene rings is 3. The summed E-state index contributed by atoms with van der Waals surface area (Å²) in [5.41, 5.74) is 7.26. The van der Waals surface area contributed by atoms with Gasteiger partial charge < -0.3 is 10.1 Å². The lowest BCUT2D eigenvalue weighted by molar-refractivity contribution is 0.101. The van der Waals surface area contributed by atoms with E-state index in [1.54, 1.807) is 5.56 Å². The molecule has 2 atom stereocenters. The molecule has 4 aromatic rings. The number of amides is 1. The maximum absolute atomic E-state index is 14.6. The molecule has 0 spiro atoms. The second-order valence-electron chi connectivity index (χ2n) is 26.2. The van der Waals surface area contributed by atoms with E-state index < -0.39 is 0 Å². The van der Waals surface area contributed by atoms with Gasteiger partial charge >= 0.3 is 0 Å². The molecule has 0 aromatic carbocycles. The van der Waals surface area contributed by atoms with E-state index in [1.807, 2.05) is 45.8 Å². The first-order valence-corrected chi connectivity index (χ1v) is 38.0. The van der Waals surface area contributed by atoms with E-state index in [0.29, 0.717) is 22.8 Å². The number of thioether (sulfide) groups is 1. The number of nitrogens with zero attached hydrogens (tertiary/aromatic N) is 1. The van der Waals surface area contributed by atoms with E-state index in [1.165, 1.54) is 308 Å². The highest BCUT2D eigenvalue weighted by atomic mass is 32.2. The number of aromatic hydroxyl groups is 1. The molecule has 8 heteroatoms. The van der Waals surface area contributed by atoms with Crippen molar-refractivity contribution in [3.63, 3.8) is 0 Å². The van der Waals surface area contributed by atoms with Crippen LogP contribution in [0.15, 0.2) is 40.1 Å². The van der Waals surface area contributed by atoms with Crippen molar-refractivity contribution in [3.8, 4) is 26.2 Å². The number of fused-ring (bicyclic) bond motifs is 7. The largest absolute Gasteiger partial charge is 0.494 e. The summed E-state index contributed by atoms with van der Waals surface area (Å²) in [5, 5.41) is 16.9. The molecule has 4 aromatic heterocycles. The Bertz CT molecular complexity index is 2500. The van der Waals surface area contributed by atoms with Crippen molar-refractivity contribution >= 4 is 57.4 Å². The summed E-state index contributed by atoms with van der Waals surface area (Å²) in [6.45, 7) is 11.8. The number of carbonyl (C=O) groups excluding carboxylic acids is 1. The molecule has 0 saturated heterocycles. The Morgan fingerprint density at radius 3 is 1.41 bits per heavy atom. The number of unbranched alkanes of at least 4 members (excludes halogenated alkanes) is 36. The van der Waals surface area contributed by atoms with E-state index in [4.69, 9.17) is 4.99 Å².